The Kier molecular flexibility index (Phi) is 5.50. The van der Waals surface area contributed by atoms with E-state index in [1.165, 1.54) is 0 Å². The van der Waals surface area contributed by atoms with Crippen molar-refractivity contribution in [3.05, 3.63) is 84.8 Å². The first-order valence-corrected chi connectivity index (χ1v) is 10.5. The van der Waals surface area contributed by atoms with Crippen LogP contribution in [0.2, 0.25) is 0 Å². The van der Waals surface area contributed by atoms with Crippen LogP contribution in [0.4, 0.5) is 5.82 Å². The molecule has 33 heavy (non-hydrogen) atoms. The molecule has 1 amide bonds. The van der Waals surface area contributed by atoms with E-state index in [-0.39, 0.29) is 12.3 Å². The summed E-state index contributed by atoms with van der Waals surface area (Å²) in [7, 11) is 1.62. The zero-order valence-electron chi connectivity index (χ0n) is 17.9. The fourth-order valence-corrected chi connectivity index (χ4v) is 3.70. The van der Waals surface area contributed by atoms with E-state index in [0.717, 1.165) is 27.9 Å². The molecule has 5 rings (SSSR count). The highest BCUT2D eigenvalue weighted by atomic mass is 16.5. The summed E-state index contributed by atoms with van der Waals surface area (Å²) in [4.78, 5) is 12.7. The Morgan fingerprint density at radius 3 is 2.64 bits per heavy atom. The predicted octanol–water partition coefficient (Wildman–Crippen LogP) is 3.58. The highest BCUT2D eigenvalue weighted by molar-refractivity contribution is 5.91. The molecule has 9 heteroatoms. The van der Waals surface area contributed by atoms with Gasteiger partial charge in [-0.3, -0.25) is 4.79 Å². The monoisotopic (exact) mass is 439 g/mol. The number of hydrogen-bond acceptors (Lipinski definition) is 6. The first-order chi connectivity index (χ1) is 16.2. The summed E-state index contributed by atoms with van der Waals surface area (Å²) in [6.45, 7) is 0. The van der Waals surface area contributed by atoms with Crippen LogP contribution in [0.25, 0.3) is 22.1 Å². The number of hydrogen-bond donors (Lipinski definition) is 1. The van der Waals surface area contributed by atoms with Gasteiger partial charge in [-0.2, -0.15) is 9.78 Å². The van der Waals surface area contributed by atoms with Crippen molar-refractivity contribution in [1.82, 2.24) is 30.0 Å². The number of methoxy groups -OCH3 is 1. The number of nitrogens with zero attached hydrogens (tertiary/aromatic N) is 6. The van der Waals surface area contributed by atoms with E-state index in [1.807, 2.05) is 66.7 Å². The molecule has 0 saturated carbocycles. The van der Waals surface area contributed by atoms with Crippen molar-refractivity contribution in [3.63, 3.8) is 0 Å². The third-order valence-corrected chi connectivity index (χ3v) is 5.33. The Bertz CT molecular complexity index is 1400. The average molecular weight is 439 g/mol. The average Bonchev–Trinajstić information content (AvgIpc) is 3.52. The van der Waals surface area contributed by atoms with Crippen LogP contribution in [-0.4, -0.2) is 43.0 Å². The number of carbonyl (C=O) groups is 1. The molecule has 164 valence electrons. The zero-order valence-corrected chi connectivity index (χ0v) is 17.9. The standard InChI is InChI=1S/C24H21N7O2/c1-33-19-11-9-18(10-12-19)30-22(15-16-25-30)26-24(32)14-13-23-27-28-29-31(23)21-8-4-6-17-5-2-3-7-20(17)21/h2-12,15-16H,13-14H2,1H3,(H,26,32). The second-order valence-corrected chi connectivity index (χ2v) is 7.38. The first-order valence-electron chi connectivity index (χ1n) is 10.5. The highest BCUT2D eigenvalue weighted by Gasteiger charge is 2.14. The van der Waals surface area contributed by atoms with E-state index >= 15 is 0 Å². The number of anilines is 1. The molecule has 2 heterocycles. The van der Waals surface area contributed by atoms with Gasteiger partial charge in [0, 0.05) is 24.3 Å². The van der Waals surface area contributed by atoms with E-state index < -0.39 is 0 Å². The van der Waals surface area contributed by atoms with Gasteiger partial charge in [-0.25, -0.2) is 4.68 Å². The maximum atomic E-state index is 12.7. The molecule has 0 aliphatic rings. The lowest BCUT2D eigenvalue weighted by Gasteiger charge is -2.10. The number of amides is 1. The summed E-state index contributed by atoms with van der Waals surface area (Å²) in [5, 5.41) is 21.5. The Morgan fingerprint density at radius 2 is 1.79 bits per heavy atom. The molecule has 0 aliphatic carbocycles. The van der Waals surface area contributed by atoms with E-state index in [0.29, 0.717) is 18.1 Å². The van der Waals surface area contributed by atoms with Crippen molar-refractivity contribution in [2.24, 2.45) is 0 Å². The third kappa shape index (κ3) is 4.16. The largest absolute Gasteiger partial charge is 0.497 e. The number of aromatic nitrogens is 6. The molecule has 0 saturated heterocycles. The first kappa shape index (κ1) is 20.4. The lowest BCUT2D eigenvalue weighted by molar-refractivity contribution is -0.116. The van der Waals surface area contributed by atoms with Crippen LogP contribution < -0.4 is 10.1 Å². The second-order valence-electron chi connectivity index (χ2n) is 7.38. The minimum Gasteiger partial charge on any atom is -0.497 e. The van der Waals surface area contributed by atoms with Gasteiger partial charge in [-0.1, -0.05) is 36.4 Å². The maximum Gasteiger partial charge on any atom is 0.225 e. The summed E-state index contributed by atoms with van der Waals surface area (Å²) in [6, 6.07) is 23.2. The number of carbonyl (C=O) groups excluding carboxylic acids is 1. The van der Waals surface area contributed by atoms with Gasteiger partial charge < -0.3 is 10.1 Å². The van der Waals surface area contributed by atoms with Gasteiger partial charge in [0.15, 0.2) is 5.82 Å². The van der Waals surface area contributed by atoms with Gasteiger partial charge in [0.25, 0.3) is 0 Å². The Labute approximate surface area is 189 Å². The number of nitrogens with one attached hydrogen (secondary N) is 1. The second kappa shape index (κ2) is 8.91. The van der Waals surface area contributed by atoms with E-state index in [2.05, 4.69) is 25.9 Å². The quantitative estimate of drug-likeness (QED) is 0.416. The van der Waals surface area contributed by atoms with Gasteiger partial charge in [0.1, 0.15) is 11.6 Å². The summed E-state index contributed by atoms with van der Waals surface area (Å²) in [6.07, 6.45) is 2.25. The fraction of sp³-hybridized carbons (Fsp3) is 0.125. The number of fused-ring (bicyclic) bond motifs is 1. The number of ether oxygens (including phenoxy) is 1. The van der Waals surface area contributed by atoms with Crippen molar-refractivity contribution in [1.29, 1.82) is 0 Å². The molecule has 9 nitrogen and oxygen atoms in total. The molecule has 0 atom stereocenters. The summed E-state index contributed by atoms with van der Waals surface area (Å²) >= 11 is 0. The summed E-state index contributed by atoms with van der Waals surface area (Å²) < 4.78 is 8.55. The zero-order chi connectivity index (χ0) is 22.6. The lowest BCUT2D eigenvalue weighted by Crippen LogP contribution is -2.16. The van der Waals surface area contributed by atoms with Gasteiger partial charge in [0.05, 0.1) is 24.7 Å². The third-order valence-electron chi connectivity index (χ3n) is 5.33. The van der Waals surface area contributed by atoms with Crippen molar-refractivity contribution >= 4 is 22.5 Å². The molecule has 0 aliphatic heterocycles. The van der Waals surface area contributed by atoms with Crippen molar-refractivity contribution < 1.29 is 9.53 Å². The Balaban J connectivity index is 1.30. The molecule has 2 aromatic heterocycles. The molecule has 0 unspecified atom stereocenters. The molecule has 0 fully saturated rings. The van der Waals surface area contributed by atoms with Gasteiger partial charge in [-0.05, 0) is 46.1 Å². The van der Waals surface area contributed by atoms with Gasteiger partial charge in [-0.15, -0.1) is 5.10 Å². The van der Waals surface area contributed by atoms with Crippen LogP contribution in [-0.2, 0) is 11.2 Å². The lowest BCUT2D eigenvalue weighted by atomic mass is 10.1. The number of aryl methyl sites for hydroxylation is 1. The maximum absolute atomic E-state index is 12.7. The molecule has 3 aromatic carbocycles. The number of benzene rings is 3. The van der Waals surface area contributed by atoms with E-state index in [1.54, 1.807) is 28.7 Å². The Hall–Kier alpha value is -4.53. The van der Waals surface area contributed by atoms with Crippen molar-refractivity contribution in [2.75, 3.05) is 12.4 Å². The van der Waals surface area contributed by atoms with Gasteiger partial charge >= 0.3 is 0 Å². The molecular formula is C24H21N7O2. The van der Waals surface area contributed by atoms with E-state index in [4.69, 9.17) is 4.74 Å². The smallest absolute Gasteiger partial charge is 0.225 e. The van der Waals surface area contributed by atoms with Crippen LogP contribution in [0.15, 0.2) is 79.0 Å². The van der Waals surface area contributed by atoms with Crippen LogP contribution in [0.5, 0.6) is 5.75 Å². The topological polar surface area (TPSA) is 99.8 Å². The molecule has 5 aromatic rings. The fourth-order valence-electron chi connectivity index (χ4n) is 3.70. The van der Waals surface area contributed by atoms with Crippen LogP contribution in [0.1, 0.15) is 12.2 Å². The molecule has 1 N–H and O–H groups in total. The molecule has 0 radical (unpaired) electrons. The van der Waals surface area contributed by atoms with Crippen LogP contribution in [0.3, 0.4) is 0 Å². The normalized spacial score (nSPS) is 10.9. The SMILES string of the molecule is COc1ccc(-n2nccc2NC(=O)CCc2nnnn2-c2cccc3ccccc23)cc1. The van der Waals surface area contributed by atoms with Crippen molar-refractivity contribution in [3.8, 4) is 17.1 Å². The van der Waals surface area contributed by atoms with Crippen LogP contribution >= 0.6 is 0 Å². The van der Waals surface area contributed by atoms with Crippen molar-refractivity contribution in [2.45, 2.75) is 12.8 Å². The number of tetrazole rings is 1. The minimum atomic E-state index is -0.155. The van der Waals surface area contributed by atoms with Crippen LogP contribution in [0, 0.1) is 0 Å². The van der Waals surface area contributed by atoms with E-state index in [9.17, 15) is 4.79 Å². The minimum absolute atomic E-state index is 0.155. The highest BCUT2D eigenvalue weighted by Crippen LogP contribution is 2.23. The molecular weight excluding hydrogens is 418 g/mol. The molecule has 0 bridgehead atoms. The predicted molar refractivity (Wildman–Crippen MR) is 124 cm³/mol. The summed E-state index contributed by atoms with van der Waals surface area (Å²) in [5.74, 6) is 1.79. The number of rotatable bonds is 7. The summed E-state index contributed by atoms with van der Waals surface area (Å²) in [5.41, 5.74) is 1.70. The Morgan fingerprint density at radius 1 is 0.970 bits per heavy atom. The molecule has 0 spiro atoms. The van der Waals surface area contributed by atoms with Gasteiger partial charge in [0.2, 0.25) is 5.91 Å².